The Kier molecular flexibility index (Phi) is 7.12. The Hall–Kier alpha value is -3.96. The largest absolute Gasteiger partial charge is 0.490 e. The van der Waals surface area contributed by atoms with E-state index in [2.05, 4.69) is 11.4 Å². The molecule has 0 unspecified atom stereocenters. The number of nitrogens with zero attached hydrogens (tertiary/aromatic N) is 1. The minimum absolute atomic E-state index is 0.318. The first-order valence-corrected chi connectivity index (χ1v) is 11.1. The van der Waals surface area contributed by atoms with Gasteiger partial charge in [-0.25, -0.2) is 4.79 Å². The molecule has 1 aliphatic rings. The molecule has 0 aromatic heterocycles. The van der Waals surface area contributed by atoms with Crippen molar-refractivity contribution in [1.82, 2.24) is 0 Å². The second-order valence-corrected chi connectivity index (χ2v) is 8.13. The van der Waals surface area contributed by atoms with E-state index in [1.165, 1.54) is 11.8 Å². The Bertz CT molecular complexity index is 1220. The minimum Gasteiger partial charge on any atom is -0.490 e. The number of nitrogens with one attached hydrogen (secondary N) is 1. The van der Waals surface area contributed by atoms with Gasteiger partial charge in [0.05, 0.1) is 24.3 Å². The molecule has 0 bridgehead atoms. The summed E-state index contributed by atoms with van der Waals surface area (Å²) in [6.07, 6.45) is 0.786. The summed E-state index contributed by atoms with van der Waals surface area (Å²) in [5.41, 5.74) is 1.35. The van der Waals surface area contributed by atoms with Crippen LogP contribution in [0.1, 0.15) is 22.3 Å². The molecule has 7 nitrogen and oxygen atoms in total. The summed E-state index contributed by atoms with van der Waals surface area (Å²) in [5, 5.41) is 12.0. The van der Waals surface area contributed by atoms with Crippen molar-refractivity contribution in [3.8, 4) is 17.6 Å². The second-order valence-electron chi connectivity index (χ2n) is 7.04. The zero-order valence-corrected chi connectivity index (χ0v) is 18.4. The van der Waals surface area contributed by atoms with E-state index in [4.69, 9.17) is 14.2 Å². The summed E-state index contributed by atoms with van der Waals surface area (Å²) in [6.45, 7) is 0.676. The highest BCUT2D eigenvalue weighted by Crippen LogP contribution is 2.33. The van der Waals surface area contributed by atoms with E-state index in [1.54, 1.807) is 54.6 Å². The average Bonchev–Trinajstić information content (AvgIpc) is 3.08. The zero-order chi connectivity index (χ0) is 23.0. The van der Waals surface area contributed by atoms with Crippen LogP contribution in [-0.2, 0) is 9.53 Å². The highest BCUT2D eigenvalue weighted by molar-refractivity contribution is 7.99. The molecule has 1 aliphatic heterocycles. The summed E-state index contributed by atoms with van der Waals surface area (Å²) >= 11 is 1.30. The molecule has 0 spiro atoms. The lowest BCUT2D eigenvalue weighted by Crippen LogP contribution is -2.21. The smallest absolute Gasteiger partial charge is 0.339 e. The van der Waals surface area contributed by atoms with E-state index in [9.17, 15) is 14.9 Å². The topological polar surface area (TPSA) is 97.7 Å². The molecule has 0 atom stereocenters. The van der Waals surface area contributed by atoms with Gasteiger partial charge in [-0.05, 0) is 36.4 Å². The van der Waals surface area contributed by atoms with E-state index in [1.807, 2.05) is 12.1 Å². The monoisotopic (exact) mass is 460 g/mol. The molecule has 0 radical (unpaired) electrons. The maximum absolute atomic E-state index is 12.7. The Labute approximate surface area is 195 Å². The molecule has 1 amide bonds. The van der Waals surface area contributed by atoms with E-state index < -0.39 is 18.5 Å². The van der Waals surface area contributed by atoms with Crippen LogP contribution < -0.4 is 14.8 Å². The van der Waals surface area contributed by atoms with Gasteiger partial charge in [0.15, 0.2) is 18.1 Å². The minimum atomic E-state index is -0.624. The van der Waals surface area contributed by atoms with E-state index in [-0.39, 0.29) is 0 Å². The summed E-state index contributed by atoms with van der Waals surface area (Å²) in [6, 6.07) is 21.3. The van der Waals surface area contributed by atoms with Gasteiger partial charge in [-0.15, -0.1) is 0 Å². The molecule has 0 aliphatic carbocycles. The van der Waals surface area contributed by atoms with Crippen molar-refractivity contribution in [3.05, 3.63) is 77.9 Å². The maximum Gasteiger partial charge on any atom is 0.339 e. The molecular weight excluding hydrogens is 440 g/mol. The van der Waals surface area contributed by atoms with Crippen LogP contribution in [0, 0.1) is 11.3 Å². The summed E-state index contributed by atoms with van der Waals surface area (Å²) in [7, 11) is 0. The molecular formula is C25H20N2O5S. The standard InChI is InChI=1S/C25H20N2O5S/c26-15-17-6-1-3-8-22(17)33-23-9-4-2-7-19(23)25(29)32-16-24(28)27-18-10-11-20-21(14-18)31-13-5-12-30-20/h1-4,6-11,14H,5,12-13,16H2,(H,27,28). The van der Waals surface area contributed by atoms with Crippen molar-refractivity contribution >= 4 is 29.3 Å². The van der Waals surface area contributed by atoms with Crippen LogP contribution >= 0.6 is 11.8 Å². The molecule has 4 rings (SSSR count). The lowest BCUT2D eigenvalue weighted by atomic mass is 10.2. The second kappa shape index (κ2) is 10.6. The number of benzene rings is 3. The van der Waals surface area contributed by atoms with Crippen LogP contribution in [0.5, 0.6) is 11.5 Å². The molecule has 8 heteroatoms. The lowest BCUT2D eigenvalue weighted by molar-refractivity contribution is -0.119. The maximum atomic E-state index is 12.7. The van der Waals surface area contributed by atoms with E-state index in [0.717, 1.165) is 11.3 Å². The Balaban J connectivity index is 1.39. The van der Waals surface area contributed by atoms with Crippen LogP contribution in [0.3, 0.4) is 0 Å². The number of hydrogen-bond donors (Lipinski definition) is 1. The number of carbonyl (C=O) groups is 2. The predicted octanol–water partition coefficient (Wildman–Crippen LogP) is 4.67. The molecule has 33 heavy (non-hydrogen) atoms. The van der Waals surface area contributed by atoms with E-state index in [0.29, 0.717) is 46.4 Å². The van der Waals surface area contributed by atoms with Gasteiger partial charge in [-0.1, -0.05) is 36.0 Å². The third kappa shape index (κ3) is 5.64. The normalized spacial score (nSPS) is 12.2. The van der Waals surface area contributed by atoms with Crippen LogP contribution in [0.4, 0.5) is 5.69 Å². The fourth-order valence-corrected chi connectivity index (χ4v) is 4.15. The number of fused-ring (bicyclic) bond motifs is 1. The van der Waals surface area contributed by atoms with Gasteiger partial charge in [0.25, 0.3) is 5.91 Å². The number of anilines is 1. The first-order chi connectivity index (χ1) is 16.1. The molecule has 1 heterocycles. The molecule has 3 aromatic rings. The lowest BCUT2D eigenvalue weighted by Gasteiger charge is -2.12. The third-order valence-corrected chi connectivity index (χ3v) is 5.85. The first-order valence-electron chi connectivity index (χ1n) is 10.3. The molecule has 3 aromatic carbocycles. The highest BCUT2D eigenvalue weighted by atomic mass is 32.2. The van der Waals surface area contributed by atoms with Crippen molar-refractivity contribution in [2.75, 3.05) is 25.1 Å². The molecule has 0 saturated heterocycles. The van der Waals surface area contributed by atoms with Gasteiger partial charge in [0.2, 0.25) is 0 Å². The quantitative estimate of drug-likeness (QED) is 0.534. The van der Waals surface area contributed by atoms with Gasteiger partial charge in [-0.2, -0.15) is 5.26 Å². The number of ether oxygens (including phenoxy) is 3. The number of nitriles is 1. The van der Waals surface area contributed by atoms with Crippen molar-refractivity contribution in [3.63, 3.8) is 0 Å². The van der Waals surface area contributed by atoms with Crippen molar-refractivity contribution in [1.29, 1.82) is 5.26 Å². The molecule has 0 fully saturated rings. The van der Waals surface area contributed by atoms with Crippen molar-refractivity contribution < 1.29 is 23.8 Å². The predicted molar refractivity (Wildman–Crippen MR) is 123 cm³/mol. The van der Waals surface area contributed by atoms with Gasteiger partial charge in [0.1, 0.15) is 6.07 Å². The Morgan fingerprint density at radius 1 is 0.970 bits per heavy atom. The fourth-order valence-electron chi connectivity index (χ4n) is 3.14. The molecule has 0 saturated carbocycles. The molecule has 1 N–H and O–H groups in total. The number of carbonyl (C=O) groups excluding carboxylic acids is 2. The van der Waals surface area contributed by atoms with Crippen molar-refractivity contribution in [2.24, 2.45) is 0 Å². The van der Waals surface area contributed by atoms with Gasteiger partial charge in [0, 0.05) is 28.0 Å². The van der Waals surface area contributed by atoms with Crippen LogP contribution in [-0.4, -0.2) is 31.7 Å². The SMILES string of the molecule is N#Cc1ccccc1Sc1ccccc1C(=O)OCC(=O)Nc1ccc2c(c1)OCCCO2. The number of rotatable bonds is 6. The van der Waals surface area contributed by atoms with Gasteiger partial charge >= 0.3 is 5.97 Å². The third-order valence-electron chi connectivity index (χ3n) is 4.70. The average molecular weight is 461 g/mol. The van der Waals surface area contributed by atoms with Crippen molar-refractivity contribution in [2.45, 2.75) is 16.2 Å². The number of amides is 1. The highest BCUT2D eigenvalue weighted by Gasteiger charge is 2.17. The zero-order valence-electron chi connectivity index (χ0n) is 17.6. The fraction of sp³-hybridized carbons (Fsp3) is 0.160. The van der Waals surface area contributed by atoms with Gasteiger partial charge < -0.3 is 19.5 Å². The first kappa shape index (κ1) is 22.2. The summed E-state index contributed by atoms with van der Waals surface area (Å²) in [4.78, 5) is 26.4. The van der Waals surface area contributed by atoms with Crippen LogP contribution in [0.15, 0.2) is 76.5 Å². The van der Waals surface area contributed by atoms with Crippen LogP contribution in [0.2, 0.25) is 0 Å². The van der Waals surface area contributed by atoms with E-state index >= 15 is 0 Å². The van der Waals surface area contributed by atoms with Gasteiger partial charge in [-0.3, -0.25) is 4.79 Å². The Morgan fingerprint density at radius 2 is 1.70 bits per heavy atom. The summed E-state index contributed by atoms with van der Waals surface area (Å²) < 4.78 is 16.4. The number of esters is 1. The Morgan fingerprint density at radius 3 is 2.52 bits per heavy atom. The molecule has 166 valence electrons. The summed E-state index contributed by atoms with van der Waals surface area (Å²) in [5.74, 6) is 0.0917. The number of hydrogen-bond acceptors (Lipinski definition) is 7. The van der Waals surface area contributed by atoms with Crippen LogP contribution in [0.25, 0.3) is 0 Å².